The quantitative estimate of drug-likeness (QED) is 0.914. The van der Waals surface area contributed by atoms with Crippen LogP contribution in [0.25, 0.3) is 5.78 Å². The molecule has 0 aliphatic carbocycles. The van der Waals surface area contributed by atoms with Gasteiger partial charge in [-0.3, -0.25) is 0 Å². The van der Waals surface area contributed by atoms with Crippen molar-refractivity contribution in [2.24, 2.45) is 0 Å². The van der Waals surface area contributed by atoms with E-state index in [1.807, 2.05) is 20.8 Å². The Morgan fingerprint density at radius 1 is 1.18 bits per heavy atom. The summed E-state index contributed by atoms with van der Waals surface area (Å²) in [6.45, 7) is 7.90. The summed E-state index contributed by atoms with van der Waals surface area (Å²) in [5.74, 6) is 0.748. The molecule has 7 heteroatoms. The molecule has 0 amide bonds. The van der Waals surface area contributed by atoms with E-state index in [0.29, 0.717) is 11.6 Å². The van der Waals surface area contributed by atoms with Crippen molar-refractivity contribution in [3.8, 4) is 0 Å². The van der Waals surface area contributed by atoms with Crippen LogP contribution in [0, 0.1) is 0 Å². The molecule has 118 valence electrons. The van der Waals surface area contributed by atoms with Gasteiger partial charge in [0.05, 0.1) is 0 Å². The lowest BCUT2D eigenvalue weighted by molar-refractivity contribution is 0.0690. The third-order valence-corrected chi connectivity index (χ3v) is 3.86. The molecule has 0 atom stereocenters. The molecule has 0 radical (unpaired) electrons. The van der Waals surface area contributed by atoms with Crippen LogP contribution in [0.15, 0.2) is 6.07 Å². The minimum Gasteiger partial charge on any atom is -0.477 e. The van der Waals surface area contributed by atoms with Gasteiger partial charge >= 0.3 is 5.97 Å². The smallest absolute Gasteiger partial charge is 0.354 e. The number of carbonyl (C=O) groups is 1. The fourth-order valence-corrected chi connectivity index (χ4v) is 2.63. The molecule has 2 aromatic rings. The Labute approximate surface area is 129 Å². The number of rotatable bonds is 2. The van der Waals surface area contributed by atoms with Gasteiger partial charge in [0.2, 0.25) is 0 Å². The van der Waals surface area contributed by atoms with Crippen LogP contribution in [-0.4, -0.2) is 43.7 Å². The van der Waals surface area contributed by atoms with Gasteiger partial charge in [0, 0.05) is 24.6 Å². The summed E-state index contributed by atoms with van der Waals surface area (Å²) in [5.41, 5.74) is -0.197. The molecule has 0 bridgehead atoms. The summed E-state index contributed by atoms with van der Waals surface area (Å²) >= 11 is 0. The molecular weight excluding hydrogens is 282 g/mol. The van der Waals surface area contributed by atoms with Gasteiger partial charge < -0.3 is 10.0 Å². The van der Waals surface area contributed by atoms with E-state index in [1.54, 1.807) is 10.6 Å². The van der Waals surface area contributed by atoms with Crippen molar-refractivity contribution in [1.82, 2.24) is 19.6 Å². The van der Waals surface area contributed by atoms with Gasteiger partial charge in [0.15, 0.2) is 11.5 Å². The van der Waals surface area contributed by atoms with Crippen LogP contribution in [0.2, 0.25) is 0 Å². The first kappa shape index (κ1) is 14.7. The van der Waals surface area contributed by atoms with E-state index >= 15 is 0 Å². The molecule has 1 saturated heterocycles. The number of aromatic nitrogens is 4. The topological polar surface area (TPSA) is 83.6 Å². The van der Waals surface area contributed by atoms with Gasteiger partial charge in [-0.05, 0) is 19.3 Å². The van der Waals surface area contributed by atoms with Crippen molar-refractivity contribution in [3.63, 3.8) is 0 Å². The molecule has 3 rings (SSSR count). The van der Waals surface area contributed by atoms with Crippen LogP contribution in [0.4, 0.5) is 5.82 Å². The first-order chi connectivity index (χ1) is 10.4. The predicted molar refractivity (Wildman–Crippen MR) is 82.5 cm³/mol. The van der Waals surface area contributed by atoms with Crippen LogP contribution in [0.3, 0.4) is 0 Å². The van der Waals surface area contributed by atoms with Gasteiger partial charge in [-0.2, -0.15) is 9.50 Å². The minimum absolute atomic E-state index is 0.0148. The van der Waals surface area contributed by atoms with Crippen LogP contribution in [-0.2, 0) is 5.41 Å². The molecular formula is C15H21N5O2. The van der Waals surface area contributed by atoms with E-state index in [2.05, 4.69) is 20.0 Å². The maximum atomic E-state index is 11.3. The van der Waals surface area contributed by atoms with Gasteiger partial charge in [0.25, 0.3) is 5.78 Å². The second-order valence-electron chi connectivity index (χ2n) is 6.75. The first-order valence-corrected chi connectivity index (χ1v) is 7.63. The SMILES string of the molecule is CC(C)(C)c1nc2nc(C(=O)O)cc(N3CCCCC3)n2n1. The molecule has 0 spiro atoms. The molecule has 1 fully saturated rings. The third-order valence-electron chi connectivity index (χ3n) is 3.86. The Morgan fingerprint density at radius 3 is 2.45 bits per heavy atom. The Morgan fingerprint density at radius 2 is 1.86 bits per heavy atom. The summed E-state index contributed by atoms with van der Waals surface area (Å²) in [7, 11) is 0. The molecule has 1 aliphatic heterocycles. The second kappa shape index (κ2) is 5.23. The van der Waals surface area contributed by atoms with Crippen molar-refractivity contribution < 1.29 is 9.90 Å². The lowest BCUT2D eigenvalue weighted by Gasteiger charge is -2.28. The van der Waals surface area contributed by atoms with Gasteiger partial charge in [-0.1, -0.05) is 20.8 Å². The normalized spacial score (nSPS) is 16.2. The van der Waals surface area contributed by atoms with Crippen molar-refractivity contribution >= 4 is 17.6 Å². The number of carboxylic acid groups (broad SMARTS) is 1. The van der Waals surface area contributed by atoms with E-state index in [1.165, 1.54) is 6.42 Å². The summed E-state index contributed by atoms with van der Waals surface area (Å²) < 4.78 is 1.68. The van der Waals surface area contributed by atoms with Crippen LogP contribution < -0.4 is 4.90 Å². The van der Waals surface area contributed by atoms with E-state index in [4.69, 9.17) is 0 Å². The summed E-state index contributed by atoms with van der Waals surface area (Å²) in [6, 6.07) is 1.60. The monoisotopic (exact) mass is 303 g/mol. The highest BCUT2D eigenvalue weighted by atomic mass is 16.4. The third kappa shape index (κ3) is 2.63. The maximum absolute atomic E-state index is 11.3. The standard InChI is InChI=1S/C15H21N5O2/c1-15(2,3)13-17-14-16-10(12(21)22)9-11(20(14)18-13)19-7-5-4-6-8-19/h9H,4-8H2,1-3H3,(H,21,22). The number of nitrogens with zero attached hydrogens (tertiary/aromatic N) is 5. The van der Waals surface area contributed by atoms with Crippen molar-refractivity contribution in [2.45, 2.75) is 45.4 Å². The average Bonchev–Trinajstić information content (AvgIpc) is 2.91. The Kier molecular flexibility index (Phi) is 3.50. The first-order valence-electron chi connectivity index (χ1n) is 7.63. The van der Waals surface area contributed by atoms with Crippen LogP contribution in [0.1, 0.15) is 56.3 Å². The molecule has 22 heavy (non-hydrogen) atoms. The molecule has 3 heterocycles. The molecule has 0 unspecified atom stereocenters. The zero-order valence-corrected chi connectivity index (χ0v) is 13.2. The zero-order chi connectivity index (χ0) is 15.9. The van der Waals surface area contributed by atoms with Crippen molar-refractivity contribution in [1.29, 1.82) is 0 Å². The Balaban J connectivity index is 2.18. The Hall–Kier alpha value is -2.18. The highest BCUT2D eigenvalue weighted by Gasteiger charge is 2.24. The molecule has 0 saturated carbocycles. The van der Waals surface area contributed by atoms with Gasteiger partial charge in [-0.15, -0.1) is 5.10 Å². The lowest BCUT2D eigenvalue weighted by Crippen LogP contribution is -2.31. The summed E-state index contributed by atoms with van der Waals surface area (Å²) in [5, 5.41) is 13.9. The van der Waals surface area contributed by atoms with Crippen LogP contribution in [0.5, 0.6) is 0 Å². The van der Waals surface area contributed by atoms with E-state index in [-0.39, 0.29) is 11.1 Å². The van der Waals surface area contributed by atoms with E-state index < -0.39 is 5.97 Å². The lowest BCUT2D eigenvalue weighted by atomic mass is 9.96. The number of fused-ring (bicyclic) bond motifs is 1. The largest absolute Gasteiger partial charge is 0.477 e. The zero-order valence-electron chi connectivity index (χ0n) is 13.2. The number of aromatic carboxylic acids is 1. The molecule has 1 N–H and O–H groups in total. The fourth-order valence-electron chi connectivity index (χ4n) is 2.63. The van der Waals surface area contributed by atoms with Crippen molar-refractivity contribution in [2.75, 3.05) is 18.0 Å². The number of hydrogen-bond donors (Lipinski definition) is 1. The van der Waals surface area contributed by atoms with Crippen LogP contribution >= 0.6 is 0 Å². The predicted octanol–water partition coefficient (Wildman–Crippen LogP) is 2.11. The van der Waals surface area contributed by atoms with Gasteiger partial charge in [0.1, 0.15) is 5.82 Å². The summed E-state index contributed by atoms with van der Waals surface area (Å²) in [6.07, 6.45) is 3.42. The molecule has 0 aromatic carbocycles. The molecule has 7 nitrogen and oxygen atoms in total. The minimum atomic E-state index is -1.04. The molecule has 1 aliphatic rings. The average molecular weight is 303 g/mol. The highest BCUT2D eigenvalue weighted by Crippen LogP contribution is 2.24. The number of piperidine rings is 1. The number of hydrogen-bond acceptors (Lipinski definition) is 5. The van der Waals surface area contributed by atoms with Gasteiger partial charge in [-0.25, -0.2) is 9.78 Å². The molecule has 2 aromatic heterocycles. The maximum Gasteiger partial charge on any atom is 0.354 e. The second-order valence-corrected chi connectivity index (χ2v) is 6.75. The fraction of sp³-hybridized carbons (Fsp3) is 0.600. The Bertz CT molecular complexity index is 711. The summed E-state index contributed by atoms with van der Waals surface area (Å²) in [4.78, 5) is 22.1. The number of anilines is 1. The number of carboxylic acids is 1. The highest BCUT2D eigenvalue weighted by molar-refractivity contribution is 5.87. The van der Waals surface area contributed by atoms with E-state index in [0.717, 1.165) is 31.7 Å². The van der Waals surface area contributed by atoms with Crippen molar-refractivity contribution in [3.05, 3.63) is 17.6 Å². The van der Waals surface area contributed by atoms with E-state index in [9.17, 15) is 9.90 Å².